The minimum atomic E-state index is -0.900. The summed E-state index contributed by atoms with van der Waals surface area (Å²) >= 11 is 1.25. The molecule has 0 bridgehead atoms. The van der Waals surface area contributed by atoms with Gasteiger partial charge in [0.1, 0.15) is 5.60 Å². The summed E-state index contributed by atoms with van der Waals surface area (Å²) in [4.78, 5) is 34.3. The number of hydrogen-bond acceptors (Lipinski definition) is 5. The van der Waals surface area contributed by atoms with Crippen LogP contribution < -0.4 is 5.32 Å². The van der Waals surface area contributed by atoms with Gasteiger partial charge in [-0.1, -0.05) is 43.0 Å². The molecule has 0 saturated carbocycles. The third-order valence-corrected chi connectivity index (χ3v) is 4.61. The van der Waals surface area contributed by atoms with E-state index in [0.717, 1.165) is 11.1 Å². The lowest BCUT2D eigenvalue weighted by Gasteiger charge is -2.24. The molecule has 1 amide bonds. The molecule has 0 aliphatic carbocycles. The second-order valence-electron chi connectivity index (χ2n) is 7.62. The number of rotatable bonds is 8. The Bertz CT molecular complexity index is 651. The van der Waals surface area contributed by atoms with Gasteiger partial charge in [0, 0.05) is 18.7 Å². The van der Waals surface area contributed by atoms with Gasteiger partial charge in [0.25, 0.3) is 0 Å². The molecule has 0 spiro atoms. The van der Waals surface area contributed by atoms with Crippen molar-refractivity contribution < 1.29 is 24.2 Å². The Morgan fingerprint density at radius 3 is 2.19 bits per heavy atom. The molecule has 2 atom stereocenters. The van der Waals surface area contributed by atoms with Gasteiger partial charge in [-0.15, -0.1) is 0 Å². The van der Waals surface area contributed by atoms with E-state index in [4.69, 9.17) is 4.74 Å². The van der Waals surface area contributed by atoms with Gasteiger partial charge in [0.2, 0.25) is 0 Å². The summed E-state index contributed by atoms with van der Waals surface area (Å²) in [5, 5.41) is 12.0. The van der Waals surface area contributed by atoms with E-state index in [9.17, 15) is 19.5 Å². The van der Waals surface area contributed by atoms with Gasteiger partial charge in [-0.25, -0.2) is 4.79 Å². The first-order valence-electron chi connectivity index (χ1n) is 8.89. The number of alkyl carbamates (subject to hydrolysis) is 1. The summed E-state index contributed by atoms with van der Waals surface area (Å²) in [6, 6.07) is 7.40. The van der Waals surface area contributed by atoms with Crippen molar-refractivity contribution in [2.75, 3.05) is 0 Å². The van der Waals surface area contributed by atoms with Crippen LogP contribution in [0.3, 0.4) is 0 Å². The number of carboxylic acid groups (broad SMARTS) is 1. The molecule has 0 aromatic heterocycles. The molecule has 0 saturated heterocycles. The highest BCUT2D eigenvalue weighted by Crippen LogP contribution is 2.17. The number of amides is 1. The van der Waals surface area contributed by atoms with Crippen molar-refractivity contribution in [3.63, 3.8) is 0 Å². The molecule has 0 unspecified atom stereocenters. The van der Waals surface area contributed by atoms with Crippen molar-refractivity contribution in [2.24, 2.45) is 5.92 Å². The van der Waals surface area contributed by atoms with E-state index < -0.39 is 23.6 Å². The summed E-state index contributed by atoms with van der Waals surface area (Å²) in [5.41, 5.74) is 1.39. The quantitative estimate of drug-likeness (QED) is 0.691. The lowest BCUT2D eigenvalue weighted by atomic mass is 9.96. The first kappa shape index (κ1) is 23.0. The minimum Gasteiger partial charge on any atom is -0.481 e. The number of nitrogens with one attached hydrogen (secondary N) is 1. The predicted octanol–water partition coefficient (Wildman–Crippen LogP) is 4.01. The Morgan fingerprint density at radius 1 is 1.15 bits per heavy atom. The molecule has 1 aromatic rings. The molecule has 2 N–H and O–H groups in total. The van der Waals surface area contributed by atoms with Crippen LogP contribution in [0.5, 0.6) is 0 Å². The van der Waals surface area contributed by atoms with Crippen molar-refractivity contribution >= 4 is 28.9 Å². The number of carbonyl (C=O) groups is 3. The molecular formula is C20H29NO5S. The van der Waals surface area contributed by atoms with Crippen LogP contribution in [0.25, 0.3) is 0 Å². The molecule has 6 nitrogen and oxygen atoms in total. The zero-order valence-corrected chi connectivity index (χ0v) is 17.4. The molecular weight excluding hydrogens is 366 g/mol. The highest BCUT2D eigenvalue weighted by molar-refractivity contribution is 8.12. The molecule has 27 heavy (non-hydrogen) atoms. The van der Waals surface area contributed by atoms with E-state index in [1.165, 1.54) is 18.7 Å². The average Bonchev–Trinajstić information content (AvgIpc) is 2.52. The van der Waals surface area contributed by atoms with Crippen LogP contribution in [-0.4, -0.2) is 33.9 Å². The average molecular weight is 396 g/mol. The standard InChI is InChI=1S/C20H29NO5S/c1-13(18(23)24)10-17(21-19(25)26-20(3,4)5)11-15-6-8-16(9-7-15)12-27-14(2)22/h6-9,13,17H,10-12H2,1-5H3,(H,21,25)(H,23,24)/t13-,17+/m0/s1. The van der Waals surface area contributed by atoms with Crippen molar-refractivity contribution in [3.8, 4) is 0 Å². The van der Waals surface area contributed by atoms with Gasteiger partial charge in [0.05, 0.1) is 5.92 Å². The maximum Gasteiger partial charge on any atom is 0.407 e. The number of carboxylic acids is 1. The SMILES string of the molecule is CC(=O)SCc1ccc(C[C@@H](C[C@H](C)C(=O)O)NC(=O)OC(C)(C)C)cc1. The first-order chi connectivity index (χ1) is 12.5. The fraction of sp³-hybridized carbons (Fsp3) is 0.550. The zero-order chi connectivity index (χ0) is 20.6. The van der Waals surface area contributed by atoms with Crippen LogP contribution in [0, 0.1) is 5.92 Å². The summed E-state index contributed by atoms with van der Waals surface area (Å²) in [7, 11) is 0. The van der Waals surface area contributed by atoms with Gasteiger partial charge < -0.3 is 15.2 Å². The Kier molecular flexibility index (Phi) is 8.82. The zero-order valence-electron chi connectivity index (χ0n) is 16.6. The van der Waals surface area contributed by atoms with Gasteiger partial charge in [0.15, 0.2) is 5.12 Å². The monoisotopic (exact) mass is 395 g/mol. The van der Waals surface area contributed by atoms with E-state index in [-0.39, 0.29) is 11.2 Å². The Hall–Kier alpha value is -2.02. The largest absolute Gasteiger partial charge is 0.481 e. The normalized spacial score (nSPS) is 13.5. The van der Waals surface area contributed by atoms with Crippen molar-refractivity contribution in [3.05, 3.63) is 35.4 Å². The van der Waals surface area contributed by atoms with Crippen molar-refractivity contribution in [1.29, 1.82) is 0 Å². The fourth-order valence-corrected chi connectivity index (χ4v) is 3.00. The lowest BCUT2D eigenvalue weighted by molar-refractivity contribution is -0.141. The summed E-state index contributed by atoms with van der Waals surface area (Å²) in [6.07, 6.45) is 0.243. The highest BCUT2D eigenvalue weighted by Gasteiger charge is 2.23. The number of ether oxygens (including phenoxy) is 1. The second-order valence-corrected chi connectivity index (χ2v) is 8.77. The van der Waals surface area contributed by atoms with Crippen LogP contribution in [0.2, 0.25) is 0 Å². The lowest BCUT2D eigenvalue weighted by Crippen LogP contribution is -2.41. The van der Waals surface area contributed by atoms with Gasteiger partial charge in [-0.2, -0.15) is 0 Å². The van der Waals surface area contributed by atoms with Crippen molar-refractivity contribution in [1.82, 2.24) is 5.32 Å². The summed E-state index contributed by atoms with van der Waals surface area (Å²) in [5.74, 6) is -0.871. The first-order valence-corrected chi connectivity index (χ1v) is 9.88. The second kappa shape index (κ2) is 10.3. The highest BCUT2D eigenvalue weighted by atomic mass is 32.2. The van der Waals surface area contributed by atoms with Crippen LogP contribution in [0.1, 0.15) is 52.2 Å². The van der Waals surface area contributed by atoms with E-state index in [1.54, 1.807) is 27.7 Å². The molecule has 1 rings (SSSR count). The maximum absolute atomic E-state index is 12.1. The van der Waals surface area contributed by atoms with Gasteiger partial charge >= 0.3 is 12.1 Å². The van der Waals surface area contributed by atoms with Crippen LogP contribution >= 0.6 is 11.8 Å². The number of carbonyl (C=O) groups excluding carboxylic acids is 2. The smallest absolute Gasteiger partial charge is 0.407 e. The third kappa shape index (κ3) is 10.0. The molecule has 0 radical (unpaired) electrons. The minimum absolute atomic E-state index is 0.0726. The van der Waals surface area contributed by atoms with Crippen LogP contribution in [-0.2, 0) is 26.5 Å². The summed E-state index contributed by atoms with van der Waals surface area (Å²) in [6.45, 7) is 8.49. The molecule has 1 aromatic carbocycles. The molecule has 150 valence electrons. The Balaban J connectivity index is 2.78. The summed E-state index contributed by atoms with van der Waals surface area (Å²) < 4.78 is 5.29. The Labute approximate surface area is 165 Å². The van der Waals surface area contributed by atoms with E-state index in [0.29, 0.717) is 18.6 Å². The van der Waals surface area contributed by atoms with E-state index in [1.807, 2.05) is 24.3 Å². The number of aliphatic carboxylic acids is 1. The molecule has 0 aliphatic heterocycles. The Morgan fingerprint density at radius 2 is 1.70 bits per heavy atom. The van der Waals surface area contributed by atoms with Crippen molar-refractivity contribution in [2.45, 2.75) is 64.9 Å². The molecule has 7 heteroatoms. The molecule has 0 aliphatic rings. The topological polar surface area (TPSA) is 92.7 Å². The molecule has 0 heterocycles. The third-order valence-electron chi connectivity index (χ3n) is 3.73. The number of benzene rings is 1. The number of hydrogen-bond donors (Lipinski definition) is 2. The van der Waals surface area contributed by atoms with Gasteiger partial charge in [-0.05, 0) is 44.7 Å². The van der Waals surface area contributed by atoms with E-state index in [2.05, 4.69) is 5.32 Å². The predicted molar refractivity (Wildman–Crippen MR) is 107 cm³/mol. The fourth-order valence-electron chi connectivity index (χ4n) is 2.44. The maximum atomic E-state index is 12.1. The van der Waals surface area contributed by atoms with Gasteiger partial charge in [-0.3, -0.25) is 9.59 Å². The van der Waals surface area contributed by atoms with Crippen LogP contribution in [0.15, 0.2) is 24.3 Å². The number of thioether (sulfide) groups is 1. The van der Waals surface area contributed by atoms with Crippen LogP contribution in [0.4, 0.5) is 4.79 Å². The van der Waals surface area contributed by atoms with E-state index >= 15 is 0 Å². The molecule has 0 fully saturated rings.